The second kappa shape index (κ2) is 5.94. The van der Waals surface area contributed by atoms with Crippen LogP contribution in [0.2, 0.25) is 5.02 Å². The third-order valence-electron chi connectivity index (χ3n) is 2.76. The van der Waals surface area contributed by atoms with E-state index in [0.717, 1.165) is 4.90 Å². The molecule has 0 bridgehead atoms. The summed E-state index contributed by atoms with van der Waals surface area (Å²) in [4.78, 5) is 24.6. The molecule has 1 heterocycles. The van der Waals surface area contributed by atoms with Crippen molar-refractivity contribution in [3.05, 3.63) is 35.0 Å². The van der Waals surface area contributed by atoms with Crippen molar-refractivity contribution in [1.29, 1.82) is 0 Å². The fraction of sp³-hybridized carbons (Fsp3) is 0.231. The molecule has 0 unspecified atom stereocenters. The Balaban J connectivity index is 2.23. The third-order valence-corrected chi connectivity index (χ3v) is 3.00. The number of halogens is 1. The van der Waals surface area contributed by atoms with E-state index in [9.17, 15) is 9.59 Å². The predicted molar refractivity (Wildman–Crippen MR) is 73.5 cm³/mol. The van der Waals surface area contributed by atoms with Gasteiger partial charge < -0.3 is 15.2 Å². The number of hydrogen-bond acceptors (Lipinski definition) is 5. The highest BCUT2D eigenvalue weighted by molar-refractivity contribution is 6.31. The van der Waals surface area contributed by atoms with Crippen LogP contribution in [-0.2, 0) is 9.59 Å². The number of anilines is 1. The molecule has 7 heteroatoms. The zero-order valence-corrected chi connectivity index (χ0v) is 11.5. The van der Waals surface area contributed by atoms with E-state index in [2.05, 4.69) is 5.32 Å². The molecule has 1 aliphatic heterocycles. The number of carbonyl (C=O) groups excluding carboxylic acids is 2. The molecule has 106 valence electrons. The Morgan fingerprint density at radius 1 is 1.40 bits per heavy atom. The monoisotopic (exact) mass is 296 g/mol. The lowest BCUT2D eigenvalue weighted by Gasteiger charge is -2.14. The predicted octanol–water partition coefficient (Wildman–Crippen LogP) is 1.01. The first kappa shape index (κ1) is 14.4. The standard InChI is InChI=1S/C13H13ClN2O4/c1-20-11-3-2-8(14)6-9(11)15-10-7-12(18)16(4-5-17)13(10)19/h2-3,6-7,15,17H,4-5H2,1H3. The molecule has 2 rings (SSSR count). The lowest BCUT2D eigenvalue weighted by Crippen LogP contribution is -2.34. The van der Waals surface area contributed by atoms with Gasteiger partial charge in [0, 0.05) is 11.1 Å². The number of carbonyl (C=O) groups is 2. The summed E-state index contributed by atoms with van der Waals surface area (Å²) in [6, 6.07) is 4.89. The summed E-state index contributed by atoms with van der Waals surface area (Å²) in [7, 11) is 1.49. The molecule has 1 aromatic rings. The van der Waals surface area contributed by atoms with Gasteiger partial charge in [0.2, 0.25) is 0 Å². The molecule has 0 fully saturated rings. The molecular weight excluding hydrogens is 284 g/mol. The molecule has 0 spiro atoms. The van der Waals surface area contributed by atoms with Gasteiger partial charge in [0.25, 0.3) is 11.8 Å². The van der Waals surface area contributed by atoms with Gasteiger partial charge in [-0.3, -0.25) is 14.5 Å². The zero-order chi connectivity index (χ0) is 14.7. The van der Waals surface area contributed by atoms with Crippen molar-refractivity contribution in [3.63, 3.8) is 0 Å². The number of benzene rings is 1. The van der Waals surface area contributed by atoms with E-state index in [4.69, 9.17) is 21.4 Å². The van der Waals surface area contributed by atoms with E-state index in [-0.39, 0.29) is 18.8 Å². The maximum Gasteiger partial charge on any atom is 0.277 e. The van der Waals surface area contributed by atoms with Crippen molar-refractivity contribution in [3.8, 4) is 5.75 Å². The van der Waals surface area contributed by atoms with Crippen molar-refractivity contribution in [2.24, 2.45) is 0 Å². The van der Waals surface area contributed by atoms with Gasteiger partial charge in [0.05, 0.1) is 25.9 Å². The number of methoxy groups -OCH3 is 1. The Kier molecular flexibility index (Phi) is 4.26. The molecule has 6 nitrogen and oxygen atoms in total. The number of β-amino-alcohol motifs (C(OH)–C–C–N with tert-alkyl or cyclic N) is 1. The highest BCUT2D eigenvalue weighted by Crippen LogP contribution is 2.29. The highest BCUT2D eigenvalue weighted by atomic mass is 35.5. The van der Waals surface area contributed by atoms with Crippen LogP contribution in [0, 0.1) is 0 Å². The number of amides is 2. The topological polar surface area (TPSA) is 78.9 Å². The van der Waals surface area contributed by atoms with Crippen LogP contribution < -0.4 is 10.1 Å². The summed E-state index contributed by atoms with van der Waals surface area (Å²) in [6.45, 7) is -0.314. The van der Waals surface area contributed by atoms with Gasteiger partial charge in [-0.15, -0.1) is 0 Å². The second-order valence-electron chi connectivity index (χ2n) is 4.05. The minimum absolute atomic E-state index is 0.0357. The maximum atomic E-state index is 12.0. The number of aliphatic hydroxyl groups excluding tert-OH is 1. The van der Waals surface area contributed by atoms with Crippen LogP contribution in [0.5, 0.6) is 5.75 Å². The Bertz CT molecular complexity index is 586. The molecule has 0 aromatic heterocycles. The van der Waals surface area contributed by atoms with E-state index < -0.39 is 11.8 Å². The lowest BCUT2D eigenvalue weighted by atomic mass is 10.2. The average Bonchev–Trinajstić information content (AvgIpc) is 2.67. The Labute approximate surface area is 120 Å². The second-order valence-corrected chi connectivity index (χ2v) is 4.48. The molecule has 1 aliphatic rings. The number of ether oxygens (including phenoxy) is 1. The lowest BCUT2D eigenvalue weighted by molar-refractivity contribution is -0.137. The maximum absolute atomic E-state index is 12.0. The van der Waals surface area contributed by atoms with Gasteiger partial charge in [0.1, 0.15) is 11.4 Å². The smallest absolute Gasteiger partial charge is 0.277 e. The van der Waals surface area contributed by atoms with Crippen LogP contribution in [0.25, 0.3) is 0 Å². The number of nitrogens with one attached hydrogen (secondary N) is 1. The fourth-order valence-electron chi connectivity index (χ4n) is 1.83. The summed E-state index contributed by atoms with van der Waals surface area (Å²) < 4.78 is 5.15. The van der Waals surface area contributed by atoms with E-state index in [1.165, 1.54) is 13.2 Å². The highest BCUT2D eigenvalue weighted by Gasteiger charge is 2.30. The van der Waals surface area contributed by atoms with Gasteiger partial charge >= 0.3 is 0 Å². The average molecular weight is 297 g/mol. The number of hydrogen-bond donors (Lipinski definition) is 2. The summed E-state index contributed by atoms with van der Waals surface area (Å²) in [6.07, 6.45) is 1.18. The molecule has 0 radical (unpaired) electrons. The molecule has 2 N–H and O–H groups in total. The molecular formula is C13H13ClN2O4. The van der Waals surface area contributed by atoms with Crippen LogP contribution in [0.4, 0.5) is 5.69 Å². The van der Waals surface area contributed by atoms with E-state index in [1.54, 1.807) is 18.2 Å². The Morgan fingerprint density at radius 3 is 2.80 bits per heavy atom. The molecule has 20 heavy (non-hydrogen) atoms. The molecule has 0 saturated heterocycles. The van der Waals surface area contributed by atoms with Crippen LogP contribution in [0.15, 0.2) is 30.0 Å². The molecule has 0 atom stereocenters. The minimum atomic E-state index is -0.494. The summed E-state index contributed by atoms with van der Waals surface area (Å²) >= 11 is 5.89. The normalized spacial score (nSPS) is 14.6. The zero-order valence-electron chi connectivity index (χ0n) is 10.7. The van der Waals surface area contributed by atoms with Crippen molar-refractivity contribution in [2.45, 2.75) is 0 Å². The summed E-state index contributed by atoms with van der Waals surface area (Å²) in [5.41, 5.74) is 0.599. The number of rotatable bonds is 5. The quantitative estimate of drug-likeness (QED) is 0.793. The molecule has 1 aromatic carbocycles. The van der Waals surface area contributed by atoms with Crippen LogP contribution in [0.3, 0.4) is 0 Å². The Hall–Kier alpha value is -2.05. The van der Waals surface area contributed by atoms with Crippen LogP contribution >= 0.6 is 11.6 Å². The largest absolute Gasteiger partial charge is 0.495 e. The van der Waals surface area contributed by atoms with E-state index in [1.807, 2.05) is 0 Å². The van der Waals surface area contributed by atoms with Gasteiger partial charge in [-0.2, -0.15) is 0 Å². The molecule has 2 amide bonds. The SMILES string of the molecule is COc1ccc(Cl)cc1NC1=CC(=O)N(CCO)C1=O. The van der Waals surface area contributed by atoms with E-state index >= 15 is 0 Å². The first-order valence-corrected chi connectivity index (χ1v) is 6.23. The van der Waals surface area contributed by atoms with Crippen molar-refractivity contribution in [2.75, 3.05) is 25.6 Å². The summed E-state index contributed by atoms with van der Waals surface area (Å²) in [5.74, 6) is -0.463. The number of imide groups is 1. The minimum Gasteiger partial charge on any atom is -0.495 e. The van der Waals surface area contributed by atoms with Gasteiger partial charge in [-0.25, -0.2) is 0 Å². The van der Waals surface area contributed by atoms with Crippen molar-refractivity contribution < 1.29 is 19.4 Å². The van der Waals surface area contributed by atoms with Gasteiger partial charge in [-0.1, -0.05) is 11.6 Å². The van der Waals surface area contributed by atoms with E-state index in [0.29, 0.717) is 16.5 Å². The molecule has 0 saturated carbocycles. The Morgan fingerprint density at radius 2 is 2.15 bits per heavy atom. The first-order chi connectivity index (χ1) is 9.56. The third kappa shape index (κ3) is 2.76. The van der Waals surface area contributed by atoms with Crippen molar-refractivity contribution in [1.82, 2.24) is 4.90 Å². The molecule has 0 aliphatic carbocycles. The fourth-order valence-corrected chi connectivity index (χ4v) is 2.00. The van der Waals surface area contributed by atoms with Crippen molar-refractivity contribution >= 4 is 29.1 Å². The summed E-state index contributed by atoms with van der Waals surface area (Å²) in [5, 5.41) is 12.1. The van der Waals surface area contributed by atoms with Crippen LogP contribution in [-0.4, -0.2) is 42.1 Å². The van der Waals surface area contributed by atoms with Gasteiger partial charge in [0.15, 0.2) is 0 Å². The van der Waals surface area contributed by atoms with Crippen LogP contribution in [0.1, 0.15) is 0 Å². The number of aliphatic hydroxyl groups is 1. The number of nitrogens with zero attached hydrogens (tertiary/aromatic N) is 1. The first-order valence-electron chi connectivity index (χ1n) is 5.85. The van der Waals surface area contributed by atoms with Gasteiger partial charge in [-0.05, 0) is 18.2 Å².